The van der Waals surface area contributed by atoms with Gasteiger partial charge in [-0.25, -0.2) is 8.42 Å². The Morgan fingerprint density at radius 2 is 2.00 bits per heavy atom. The molecule has 0 aliphatic carbocycles. The van der Waals surface area contributed by atoms with E-state index in [0.29, 0.717) is 24.5 Å². The highest BCUT2D eigenvalue weighted by Gasteiger charge is 2.31. The largest absolute Gasteiger partial charge is 0.356 e. The number of carbonyl (C=O) groups excluding carboxylic acids is 1. The molecule has 1 aliphatic rings. The van der Waals surface area contributed by atoms with Crippen molar-refractivity contribution in [1.29, 1.82) is 0 Å². The first-order chi connectivity index (χ1) is 10.9. The van der Waals surface area contributed by atoms with Crippen molar-refractivity contribution in [3.63, 3.8) is 0 Å². The highest BCUT2D eigenvalue weighted by atomic mass is 35.5. The van der Waals surface area contributed by atoms with Gasteiger partial charge in [-0.15, -0.1) is 0 Å². The molecule has 1 fully saturated rings. The molecular weight excluding hydrogens is 336 g/mol. The number of piperidine rings is 1. The summed E-state index contributed by atoms with van der Waals surface area (Å²) in [6, 6.07) is 6.87. The van der Waals surface area contributed by atoms with E-state index in [4.69, 9.17) is 11.6 Å². The van der Waals surface area contributed by atoms with Gasteiger partial charge >= 0.3 is 0 Å². The van der Waals surface area contributed by atoms with Crippen LogP contribution in [0.3, 0.4) is 0 Å². The molecule has 2 rings (SSSR count). The predicted molar refractivity (Wildman–Crippen MR) is 91.7 cm³/mol. The van der Waals surface area contributed by atoms with E-state index in [1.807, 2.05) is 0 Å². The molecule has 5 nitrogen and oxygen atoms in total. The lowest BCUT2D eigenvalue weighted by Crippen LogP contribution is -2.45. The van der Waals surface area contributed by atoms with Crippen LogP contribution in [0.25, 0.3) is 0 Å². The van der Waals surface area contributed by atoms with Crippen LogP contribution in [0.5, 0.6) is 0 Å². The molecular formula is C16H23ClN2O3S. The number of hydrogen-bond acceptors (Lipinski definition) is 3. The molecule has 1 saturated heterocycles. The van der Waals surface area contributed by atoms with Crippen molar-refractivity contribution in [2.75, 3.05) is 13.1 Å². The van der Waals surface area contributed by atoms with Gasteiger partial charge in [0.25, 0.3) is 0 Å². The summed E-state index contributed by atoms with van der Waals surface area (Å²) in [6.07, 6.45) is 3.41. The van der Waals surface area contributed by atoms with Crippen LogP contribution in [0.4, 0.5) is 0 Å². The SMILES string of the molecule is CC(=O)NCCC1CCCCN1S(=O)(=O)Cc1ccc(Cl)cc1. The highest BCUT2D eigenvalue weighted by molar-refractivity contribution is 7.88. The molecule has 0 aromatic heterocycles. The molecule has 1 heterocycles. The van der Waals surface area contributed by atoms with Gasteiger partial charge in [-0.05, 0) is 37.0 Å². The maximum atomic E-state index is 12.8. The Kier molecular flexibility index (Phi) is 6.44. The zero-order valence-corrected chi connectivity index (χ0v) is 14.9. The third-order valence-corrected chi connectivity index (χ3v) is 6.19. The number of carbonyl (C=O) groups is 1. The van der Waals surface area contributed by atoms with Gasteiger partial charge in [0.05, 0.1) is 5.75 Å². The molecule has 0 saturated carbocycles. The first-order valence-corrected chi connectivity index (χ1v) is 9.85. The lowest BCUT2D eigenvalue weighted by molar-refractivity contribution is -0.119. The normalized spacial score (nSPS) is 19.5. The van der Waals surface area contributed by atoms with E-state index in [9.17, 15) is 13.2 Å². The van der Waals surface area contributed by atoms with Crippen molar-refractivity contribution in [3.05, 3.63) is 34.9 Å². The van der Waals surface area contributed by atoms with E-state index in [1.165, 1.54) is 6.92 Å². The fourth-order valence-corrected chi connectivity index (χ4v) is 4.90. The van der Waals surface area contributed by atoms with Crippen molar-refractivity contribution in [1.82, 2.24) is 9.62 Å². The Bertz CT molecular complexity index is 631. The van der Waals surface area contributed by atoms with Gasteiger partial charge in [-0.3, -0.25) is 4.79 Å². The third-order valence-electron chi connectivity index (χ3n) is 4.04. The number of rotatable bonds is 6. The number of benzene rings is 1. The molecule has 1 N–H and O–H groups in total. The van der Waals surface area contributed by atoms with E-state index >= 15 is 0 Å². The monoisotopic (exact) mass is 358 g/mol. The lowest BCUT2D eigenvalue weighted by atomic mass is 10.0. The second-order valence-corrected chi connectivity index (χ2v) is 8.27. The van der Waals surface area contributed by atoms with Gasteiger partial charge in [-0.2, -0.15) is 4.31 Å². The molecule has 1 aliphatic heterocycles. The summed E-state index contributed by atoms with van der Waals surface area (Å²) in [6.45, 7) is 2.53. The van der Waals surface area contributed by atoms with Crippen molar-refractivity contribution >= 4 is 27.5 Å². The maximum Gasteiger partial charge on any atom is 0.218 e. The first-order valence-electron chi connectivity index (χ1n) is 7.87. The average molecular weight is 359 g/mol. The van der Waals surface area contributed by atoms with Gasteiger partial charge in [0.15, 0.2) is 0 Å². The van der Waals surface area contributed by atoms with E-state index in [0.717, 1.165) is 24.8 Å². The Hall–Kier alpha value is -1.11. The van der Waals surface area contributed by atoms with Crippen molar-refractivity contribution in [3.8, 4) is 0 Å². The van der Waals surface area contributed by atoms with Gasteiger partial charge in [0, 0.05) is 31.1 Å². The van der Waals surface area contributed by atoms with Crippen LogP contribution in [-0.2, 0) is 20.6 Å². The minimum absolute atomic E-state index is 0.0131. The fourth-order valence-electron chi connectivity index (χ4n) is 2.92. The smallest absolute Gasteiger partial charge is 0.218 e. The summed E-state index contributed by atoms with van der Waals surface area (Å²) >= 11 is 5.84. The van der Waals surface area contributed by atoms with Crippen molar-refractivity contribution < 1.29 is 13.2 Å². The molecule has 0 bridgehead atoms. The van der Waals surface area contributed by atoms with Crippen LogP contribution < -0.4 is 5.32 Å². The van der Waals surface area contributed by atoms with Crippen LogP contribution in [0.2, 0.25) is 5.02 Å². The molecule has 1 unspecified atom stereocenters. The second kappa shape index (κ2) is 8.13. The van der Waals surface area contributed by atoms with Crippen LogP contribution in [0, 0.1) is 0 Å². The topological polar surface area (TPSA) is 66.5 Å². The summed E-state index contributed by atoms with van der Waals surface area (Å²) in [7, 11) is -3.37. The number of hydrogen-bond donors (Lipinski definition) is 1. The summed E-state index contributed by atoms with van der Waals surface area (Å²) in [5.41, 5.74) is 0.737. The first kappa shape index (κ1) is 18.2. The summed E-state index contributed by atoms with van der Waals surface area (Å²) < 4.78 is 27.1. The van der Waals surface area contributed by atoms with Gasteiger partial charge in [0.2, 0.25) is 15.9 Å². The number of halogens is 1. The second-order valence-electron chi connectivity index (χ2n) is 5.91. The van der Waals surface area contributed by atoms with Crippen molar-refractivity contribution in [2.45, 2.75) is 44.4 Å². The molecule has 128 valence electrons. The Morgan fingerprint density at radius 3 is 2.65 bits per heavy atom. The van der Waals surface area contributed by atoms with E-state index in [2.05, 4.69) is 5.32 Å². The molecule has 0 spiro atoms. The summed E-state index contributed by atoms with van der Waals surface area (Å²) in [5, 5.41) is 3.34. The van der Waals surface area contributed by atoms with Gasteiger partial charge in [0.1, 0.15) is 0 Å². The molecule has 1 amide bonds. The molecule has 1 aromatic carbocycles. The Balaban J connectivity index is 2.05. The van der Waals surface area contributed by atoms with E-state index < -0.39 is 10.0 Å². The highest BCUT2D eigenvalue weighted by Crippen LogP contribution is 2.25. The summed E-state index contributed by atoms with van der Waals surface area (Å²) in [5.74, 6) is -0.0998. The van der Waals surface area contributed by atoms with E-state index in [-0.39, 0.29) is 17.7 Å². The third kappa shape index (κ3) is 5.48. The van der Waals surface area contributed by atoms with E-state index in [1.54, 1.807) is 28.6 Å². The number of sulfonamides is 1. The average Bonchev–Trinajstić information content (AvgIpc) is 2.49. The number of amides is 1. The zero-order valence-electron chi connectivity index (χ0n) is 13.3. The fraction of sp³-hybridized carbons (Fsp3) is 0.562. The van der Waals surface area contributed by atoms with Crippen LogP contribution >= 0.6 is 11.6 Å². The molecule has 7 heteroatoms. The molecule has 1 atom stereocenters. The van der Waals surface area contributed by atoms with Crippen LogP contribution in [0.15, 0.2) is 24.3 Å². The Labute approximate surface area is 143 Å². The van der Waals surface area contributed by atoms with Crippen LogP contribution in [-0.4, -0.2) is 37.8 Å². The predicted octanol–water partition coefficient (Wildman–Crippen LogP) is 2.55. The van der Waals surface area contributed by atoms with Crippen molar-refractivity contribution in [2.24, 2.45) is 0 Å². The molecule has 1 aromatic rings. The molecule has 23 heavy (non-hydrogen) atoms. The zero-order chi connectivity index (χ0) is 16.9. The summed E-state index contributed by atoms with van der Waals surface area (Å²) in [4.78, 5) is 11.0. The minimum Gasteiger partial charge on any atom is -0.356 e. The standard InChI is InChI=1S/C16H23ClN2O3S/c1-13(20)18-10-9-16-4-2-3-11-19(16)23(21,22)12-14-5-7-15(17)8-6-14/h5-8,16H,2-4,9-12H2,1H3,(H,18,20). The quantitative estimate of drug-likeness (QED) is 0.849. The van der Waals surface area contributed by atoms with Gasteiger partial charge in [-0.1, -0.05) is 30.2 Å². The minimum atomic E-state index is -3.37. The lowest BCUT2D eigenvalue weighted by Gasteiger charge is -2.34. The van der Waals surface area contributed by atoms with Crippen LogP contribution in [0.1, 0.15) is 38.2 Å². The van der Waals surface area contributed by atoms with Gasteiger partial charge < -0.3 is 5.32 Å². The molecule has 0 radical (unpaired) electrons. The number of nitrogens with zero attached hydrogens (tertiary/aromatic N) is 1. The Morgan fingerprint density at radius 1 is 1.30 bits per heavy atom. The number of nitrogens with one attached hydrogen (secondary N) is 1. The maximum absolute atomic E-state index is 12.8.